The molecular weight excluding hydrogens is 264 g/mol. The Morgan fingerprint density at radius 2 is 1.43 bits per heavy atom. The number of benzene rings is 2. The minimum atomic E-state index is 0.119. The first-order valence-corrected chi connectivity index (χ1v) is 6.35. The van der Waals surface area contributed by atoms with Crippen LogP contribution in [0.2, 0.25) is 0 Å². The van der Waals surface area contributed by atoms with Gasteiger partial charge < -0.3 is 5.11 Å². The average Bonchev–Trinajstić information content (AvgIpc) is 2.46. The maximum absolute atomic E-state index is 9.92. The van der Waals surface area contributed by atoms with E-state index in [4.69, 9.17) is 22.3 Å². The third kappa shape index (κ3) is 3.48. The molecule has 0 radical (unpaired) electrons. The third-order valence-corrected chi connectivity index (χ3v) is 3.06. The van der Waals surface area contributed by atoms with E-state index < -0.39 is 0 Å². The third-order valence-electron chi connectivity index (χ3n) is 3.06. The first-order chi connectivity index (χ1) is 9.97. The van der Waals surface area contributed by atoms with Crippen molar-refractivity contribution in [1.29, 1.82) is 0 Å². The van der Waals surface area contributed by atoms with Crippen LogP contribution in [0, 0.1) is 0 Å². The Bertz CT molecular complexity index is 718. The first kappa shape index (κ1) is 14.3. The highest BCUT2D eigenvalue weighted by Crippen LogP contribution is 2.21. The van der Waals surface area contributed by atoms with E-state index in [0.29, 0.717) is 11.1 Å². The SMILES string of the molecule is NC(=[NH2+])c1ccc(/C=C/c2ccc(C(N)=[NH2+])cc2O)cc1. The maximum Gasteiger partial charge on any atom is 0.270 e. The summed E-state index contributed by atoms with van der Waals surface area (Å²) in [6, 6.07) is 12.5. The van der Waals surface area contributed by atoms with Crippen LogP contribution in [0.25, 0.3) is 12.2 Å². The van der Waals surface area contributed by atoms with Gasteiger partial charge in [0.1, 0.15) is 5.75 Å². The van der Waals surface area contributed by atoms with Crippen LogP contribution in [0.5, 0.6) is 5.75 Å². The fourth-order valence-corrected chi connectivity index (χ4v) is 1.84. The molecule has 0 aromatic heterocycles. The average molecular weight is 282 g/mol. The highest BCUT2D eigenvalue weighted by molar-refractivity contribution is 5.94. The van der Waals surface area contributed by atoms with Gasteiger partial charge in [-0.2, -0.15) is 0 Å². The number of hydrogen-bond donors (Lipinski definition) is 5. The Balaban J connectivity index is 2.21. The van der Waals surface area contributed by atoms with Gasteiger partial charge in [0.15, 0.2) is 0 Å². The van der Waals surface area contributed by atoms with Crippen LogP contribution in [-0.2, 0) is 0 Å². The molecule has 0 saturated carbocycles. The van der Waals surface area contributed by atoms with E-state index in [0.717, 1.165) is 11.1 Å². The topological polar surface area (TPSA) is 123 Å². The second kappa shape index (κ2) is 5.92. The lowest BCUT2D eigenvalue weighted by molar-refractivity contribution is -0.115. The summed E-state index contributed by atoms with van der Waals surface area (Å²) in [4.78, 5) is 0. The molecule has 0 atom stereocenters. The van der Waals surface area contributed by atoms with Crippen molar-refractivity contribution in [3.8, 4) is 5.75 Å². The molecule has 0 amide bonds. The van der Waals surface area contributed by atoms with Crippen molar-refractivity contribution in [3.63, 3.8) is 0 Å². The molecule has 2 rings (SSSR count). The zero-order chi connectivity index (χ0) is 15.4. The van der Waals surface area contributed by atoms with Crippen molar-refractivity contribution in [3.05, 3.63) is 64.7 Å². The Morgan fingerprint density at radius 3 is 1.95 bits per heavy atom. The molecule has 0 aliphatic rings. The number of phenolic OH excluding ortho intramolecular Hbond substituents is 1. The maximum atomic E-state index is 9.92. The van der Waals surface area contributed by atoms with Crippen molar-refractivity contribution in [2.24, 2.45) is 11.5 Å². The fourth-order valence-electron chi connectivity index (χ4n) is 1.84. The molecule has 2 aromatic carbocycles. The molecule has 0 fully saturated rings. The molecule has 9 N–H and O–H groups in total. The second-order valence-corrected chi connectivity index (χ2v) is 4.64. The fraction of sp³-hybridized carbons (Fsp3) is 0. The van der Waals surface area contributed by atoms with Crippen molar-refractivity contribution in [2.75, 3.05) is 0 Å². The summed E-state index contributed by atoms with van der Waals surface area (Å²) in [5.74, 6) is 0.578. The van der Waals surface area contributed by atoms with Crippen LogP contribution in [0.4, 0.5) is 0 Å². The number of phenols is 1. The quantitative estimate of drug-likeness (QED) is 0.266. The minimum absolute atomic E-state index is 0.119. The van der Waals surface area contributed by atoms with Crippen molar-refractivity contribution >= 4 is 23.8 Å². The lowest BCUT2D eigenvalue weighted by atomic mass is 10.1. The molecule has 106 valence electrons. The van der Waals surface area contributed by atoms with E-state index in [-0.39, 0.29) is 17.4 Å². The van der Waals surface area contributed by atoms with Gasteiger partial charge in [-0.15, -0.1) is 0 Å². The van der Waals surface area contributed by atoms with Crippen molar-refractivity contribution in [1.82, 2.24) is 0 Å². The van der Waals surface area contributed by atoms with Gasteiger partial charge in [0.2, 0.25) is 0 Å². The molecule has 0 aliphatic carbocycles. The first-order valence-electron chi connectivity index (χ1n) is 6.35. The van der Waals surface area contributed by atoms with E-state index in [1.165, 1.54) is 6.07 Å². The predicted molar refractivity (Wildman–Crippen MR) is 83.9 cm³/mol. The molecule has 0 spiro atoms. The Kier molecular flexibility index (Phi) is 4.04. The predicted octanol–water partition coefficient (Wildman–Crippen LogP) is -1.51. The highest BCUT2D eigenvalue weighted by Gasteiger charge is 2.05. The molecule has 21 heavy (non-hydrogen) atoms. The van der Waals surface area contributed by atoms with Crippen LogP contribution < -0.4 is 22.3 Å². The van der Waals surface area contributed by atoms with E-state index in [2.05, 4.69) is 0 Å². The Morgan fingerprint density at radius 1 is 0.857 bits per heavy atom. The van der Waals surface area contributed by atoms with Gasteiger partial charge in [0, 0.05) is 5.56 Å². The molecule has 5 nitrogen and oxygen atoms in total. The highest BCUT2D eigenvalue weighted by atomic mass is 16.3. The lowest BCUT2D eigenvalue weighted by Crippen LogP contribution is -2.46. The standard InChI is InChI=1S/C16H16N4O/c17-15(18)12-5-2-10(3-6-12)1-4-11-7-8-13(16(19)20)9-14(11)21/h1-9,21H,(H3,17,18)(H3,19,20)/p+2/b4-1+. The van der Waals surface area contributed by atoms with Gasteiger partial charge in [-0.25, -0.2) is 0 Å². The zero-order valence-electron chi connectivity index (χ0n) is 11.5. The summed E-state index contributed by atoms with van der Waals surface area (Å²) in [5, 5.41) is 20.9. The van der Waals surface area contributed by atoms with Gasteiger partial charge in [-0.1, -0.05) is 30.4 Å². The molecule has 0 saturated heterocycles. The zero-order valence-corrected chi connectivity index (χ0v) is 11.5. The molecule has 0 unspecified atom stereocenters. The molecule has 0 heterocycles. The Labute approximate surface area is 122 Å². The summed E-state index contributed by atoms with van der Waals surface area (Å²) in [5.41, 5.74) is 14.0. The van der Waals surface area contributed by atoms with Gasteiger partial charge in [-0.3, -0.25) is 22.3 Å². The van der Waals surface area contributed by atoms with Gasteiger partial charge >= 0.3 is 0 Å². The summed E-state index contributed by atoms with van der Waals surface area (Å²) in [6.45, 7) is 0. The summed E-state index contributed by atoms with van der Waals surface area (Å²) in [6.07, 6.45) is 3.68. The minimum Gasteiger partial charge on any atom is -0.507 e. The van der Waals surface area contributed by atoms with E-state index >= 15 is 0 Å². The van der Waals surface area contributed by atoms with E-state index in [1.807, 2.05) is 30.3 Å². The summed E-state index contributed by atoms with van der Waals surface area (Å²) in [7, 11) is 0. The molecule has 5 heteroatoms. The van der Waals surface area contributed by atoms with Crippen LogP contribution in [0.15, 0.2) is 42.5 Å². The largest absolute Gasteiger partial charge is 0.507 e. The second-order valence-electron chi connectivity index (χ2n) is 4.64. The summed E-state index contributed by atoms with van der Waals surface area (Å²) >= 11 is 0. The Hall–Kier alpha value is -3.08. The molecule has 0 bridgehead atoms. The van der Waals surface area contributed by atoms with E-state index in [9.17, 15) is 5.11 Å². The normalized spacial score (nSPS) is 10.7. The van der Waals surface area contributed by atoms with Crippen LogP contribution in [0.3, 0.4) is 0 Å². The smallest absolute Gasteiger partial charge is 0.270 e. The van der Waals surface area contributed by atoms with Crippen molar-refractivity contribution < 1.29 is 15.9 Å². The van der Waals surface area contributed by atoms with Crippen LogP contribution in [0.1, 0.15) is 22.3 Å². The van der Waals surface area contributed by atoms with Gasteiger partial charge in [0.25, 0.3) is 11.7 Å². The van der Waals surface area contributed by atoms with E-state index in [1.54, 1.807) is 18.2 Å². The van der Waals surface area contributed by atoms with Crippen molar-refractivity contribution in [2.45, 2.75) is 0 Å². The number of hydrogen-bond acceptors (Lipinski definition) is 1. The molecule has 0 aliphatic heterocycles. The number of rotatable bonds is 4. The van der Waals surface area contributed by atoms with Gasteiger partial charge in [-0.05, 0) is 29.8 Å². The summed E-state index contributed by atoms with van der Waals surface area (Å²) < 4.78 is 0. The number of aromatic hydroxyl groups is 1. The van der Waals surface area contributed by atoms with Crippen LogP contribution >= 0.6 is 0 Å². The lowest BCUT2D eigenvalue weighted by Gasteiger charge is -2.01. The van der Waals surface area contributed by atoms with Crippen LogP contribution in [-0.4, -0.2) is 16.8 Å². The van der Waals surface area contributed by atoms with Gasteiger partial charge in [0.05, 0.1) is 11.1 Å². The molecular formula is C16H18N4O+2. The molecule has 2 aromatic rings. The number of amidine groups is 2. The number of nitrogens with two attached hydrogens (primary N) is 4. The monoisotopic (exact) mass is 282 g/mol.